The Morgan fingerprint density at radius 1 is 1.38 bits per heavy atom. The van der Waals surface area contributed by atoms with E-state index >= 15 is 0 Å². The van der Waals surface area contributed by atoms with Crippen LogP contribution in [0.3, 0.4) is 0 Å². The molecule has 0 spiro atoms. The summed E-state index contributed by atoms with van der Waals surface area (Å²) < 4.78 is 0. The molecule has 0 unspecified atom stereocenters. The Labute approximate surface area is 83.4 Å². The molecule has 0 radical (unpaired) electrons. The standard InChI is InChI=1S/C9H11NO2.ClH/c1-10(9(11)12)7-8-5-3-2-4-6-8;/h2-6H,7H2,1H3,(H,11,12);1H. The van der Waals surface area contributed by atoms with Crippen molar-refractivity contribution in [1.29, 1.82) is 0 Å². The first-order valence-corrected chi connectivity index (χ1v) is 3.68. The van der Waals surface area contributed by atoms with Gasteiger partial charge in [-0.25, -0.2) is 4.79 Å². The molecule has 72 valence electrons. The van der Waals surface area contributed by atoms with Gasteiger partial charge >= 0.3 is 6.09 Å². The average Bonchev–Trinajstić information content (AvgIpc) is 2.06. The summed E-state index contributed by atoms with van der Waals surface area (Å²) in [5.41, 5.74) is 1.00. The van der Waals surface area contributed by atoms with Gasteiger partial charge in [0.15, 0.2) is 0 Å². The summed E-state index contributed by atoms with van der Waals surface area (Å²) in [7, 11) is 1.55. The minimum atomic E-state index is -0.904. The van der Waals surface area contributed by atoms with Crippen LogP contribution < -0.4 is 0 Å². The third-order valence-electron chi connectivity index (χ3n) is 1.59. The van der Waals surface area contributed by atoms with Gasteiger partial charge < -0.3 is 10.0 Å². The second-order valence-corrected chi connectivity index (χ2v) is 2.62. The summed E-state index contributed by atoms with van der Waals surface area (Å²) in [5, 5.41) is 8.57. The van der Waals surface area contributed by atoms with Crippen LogP contribution in [0.4, 0.5) is 4.79 Å². The summed E-state index contributed by atoms with van der Waals surface area (Å²) in [6.45, 7) is 0.441. The van der Waals surface area contributed by atoms with Gasteiger partial charge in [0.1, 0.15) is 0 Å². The summed E-state index contributed by atoms with van der Waals surface area (Å²) in [6.07, 6.45) is -0.904. The fraction of sp³-hybridized carbons (Fsp3) is 0.222. The van der Waals surface area contributed by atoms with Gasteiger partial charge in [-0.15, -0.1) is 12.4 Å². The van der Waals surface area contributed by atoms with Crippen molar-refractivity contribution in [3.8, 4) is 0 Å². The van der Waals surface area contributed by atoms with Crippen LogP contribution in [-0.4, -0.2) is 23.1 Å². The van der Waals surface area contributed by atoms with Gasteiger partial charge in [0.25, 0.3) is 0 Å². The molecule has 0 aliphatic rings. The first kappa shape index (κ1) is 11.8. The molecule has 3 nitrogen and oxygen atoms in total. The SMILES string of the molecule is CN(Cc1ccccc1)C(=O)O.Cl. The van der Waals surface area contributed by atoms with Crippen LogP contribution >= 0.6 is 12.4 Å². The Bertz CT molecular complexity index is 264. The third kappa shape index (κ3) is 3.80. The van der Waals surface area contributed by atoms with E-state index in [4.69, 9.17) is 5.11 Å². The number of amides is 1. The van der Waals surface area contributed by atoms with Crippen LogP contribution in [0.5, 0.6) is 0 Å². The number of hydrogen-bond donors (Lipinski definition) is 1. The van der Waals surface area contributed by atoms with Gasteiger partial charge in [-0.1, -0.05) is 30.3 Å². The molecule has 0 aliphatic heterocycles. The molecule has 1 aromatic carbocycles. The number of rotatable bonds is 2. The molecule has 0 bridgehead atoms. The highest BCUT2D eigenvalue weighted by atomic mass is 35.5. The van der Waals surface area contributed by atoms with Crippen molar-refractivity contribution in [2.75, 3.05) is 7.05 Å². The fourth-order valence-corrected chi connectivity index (χ4v) is 0.925. The van der Waals surface area contributed by atoms with Crippen LogP contribution in [0.1, 0.15) is 5.56 Å². The first-order valence-electron chi connectivity index (χ1n) is 3.68. The Balaban J connectivity index is 0.00000144. The topological polar surface area (TPSA) is 40.5 Å². The van der Waals surface area contributed by atoms with Crippen molar-refractivity contribution in [2.24, 2.45) is 0 Å². The zero-order valence-corrected chi connectivity index (χ0v) is 8.12. The molecule has 0 aromatic heterocycles. The molecule has 0 heterocycles. The van der Waals surface area contributed by atoms with Crippen LogP contribution in [0.25, 0.3) is 0 Å². The Kier molecular flexibility index (Phi) is 4.92. The van der Waals surface area contributed by atoms with Gasteiger partial charge in [0.05, 0.1) is 0 Å². The molecular formula is C9H12ClNO2. The molecule has 1 amide bonds. The van der Waals surface area contributed by atoms with E-state index in [1.54, 1.807) is 7.05 Å². The lowest BCUT2D eigenvalue weighted by atomic mass is 10.2. The number of halogens is 1. The second-order valence-electron chi connectivity index (χ2n) is 2.62. The monoisotopic (exact) mass is 201 g/mol. The summed E-state index contributed by atoms with van der Waals surface area (Å²) >= 11 is 0. The molecule has 1 aromatic rings. The Hall–Kier alpha value is -1.22. The second kappa shape index (κ2) is 5.43. The number of benzene rings is 1. The van der Waals surface area contributed by atoms with Crippen LogP contribution in [0, 0.1) is 0 Å². The van der Waals surface area contributed by atoms with Crippen molar-refractivity contribution in [2.45, 2.75) is 6.54 Å². The number of hydrogen-bond acceptors (Lipinski definition) is 1. The summed E-state index contributed by atoms with van der Waals surface area (Å²) in [6, 6.07) is 9.50. The highest BCUT2D eigenvalue weighted by Crippen LogP contribution is 2.01. The molecule has 13 heavy (non-hydrogen) atoms. The van der Waals surface area contributed by atoms with E-state index < -0.39 is 6.09 Å². The Morgan fingerprint density at radius 3 is 2.38 bits per heavy atom. The Morgan fingerprint density at radius 2 is 1.92 bits per heavy atom. The molecule has 1 rings (SSSR count). The number of carbonyl (C=O) groups is 1. The van der Waals surface area contributed by atoms with Crippen molar-refractivity contribution in [1.82, 2.24) is 4.90 Å². The number of nitrogens with zero attached hydrogens (tertiary/aromatic N) is 1. The maximum atomic E-state index is 10.4. The van der Waals surface area contributed by atoms with E-state index in [-0.39, 0.29) is 12.4 Å². The van der Waals surface area contributed by atoms with Gasteiger partial charge in [0, 0.05) is 13.6 Å². The van der Waals surface area contributed by atoms with Gasteiger partial charge in [-0.05, 0) is 5.56 Å². The minimum absolute atomic E-state index is 0. The van der Waals surface area contributed by atoms with E-state index in [1.165, 1.54) is 4.90 Å². The number of carboxylic acid groups (broad SMARTS) is 1. The molecule has 1 N–H and O–H groups in total. The quantitative estimate of drug-likeness (QED) is 0.797. The first-order chi connectivity index (χ1) is 5.70. The molecule has 0 aliphatic carbocycles. The lowest BCUT2D eigenvalue weighted by Gasteiger charge is -2.11. The maximum absolute atomic E-state index is 10.4. The normalized spacial score (nSPS) is 8.69. The summed E-state index contributed by atoms with van der Waals surface area (Å²) in [4.78, 5) is 11.7. The predicted octanol–water partition coefficient (Wildman–Crippen LogP) is 2.22. The van der Waals surface area contributed by atoms with Crippen LogP contribution in [-0.2, 0) is 6.54 Å². The van der Waals surface area contributed by atoms with E-state index in [0.29, 0.717) is 6.54 Å². The highest BCUT2D eigenvalue weighted by molar-refractivity contribution is 5.85. The lowest BCUT2D eigenvalue weighted by molar-refractivity contribution is 0.154. The van der Waals surface area contributed by atoms with Crippen molar-refractivity contribution in [3.05, 3.63) is 35.9 Å². The van der Waals surface area contributed by atoms with E-state index in [2.05, 4.69) is 0 Å². The average molecular weight is 202 g/mol. The van der Waals surface area contributed by atoms with Gasteiger partial charge in [0.2, 0.25) is 0 Å². The molecular weight excluding hydrogens is 190 g/mol. The van der Waals surface area contributed by atoms with Crippen LogP contribution in [0.15, 0.2) is 30.3 Å². The molecule has 0 saturated heterocycles. The molecule has 4 heteroatoms. The van der Waals surface area contributed by atoms with E-state index in [0.717, 1.165) is 5.56 Å². The third-order valence-corrected chi connectivity index (χ3v) is 1.59. The highest BCUT2D eigenvalue weighted by Gasteiger charge is 2.04. The molecule has 0 saturated carbocycles. The zero-order chi connectivity index (χ0) is 8.97. The predicted molar refractivity (Wildman–Crippen MR) is 53.2 cm³/mol. The van der Waals surface area contributed by atoms with Gasteiger partial charge in [-0.3, -0.25) is 0 Å². The van der Waals surface area contributed by atoms with Crippen molar-refractivity contribution in [3.63, 3.8) is 0 Å². The van der Waals surface area contributed by atoms with Crippen LogP contribution in [0.2, 0.25) is 0 Å². The van der Waals surface area contributed by atoms with E-state index in [1.807, 2.05) is 30.3 Å². The van der Waals surface area contributed by atoms with Crippen molar-refractivity contribution >= 4 is 18.5 Å². The maximum Gasteiger partial charge on any atom is 0.407 e. The minimum Gasteiger partial charge on any atom is -0.465 e. The smallest absolute Gasteiger partial charge is 0.407 e. The van der Waals surface area contributed by atoms with E-state index in [9.17, 15) is 4.79 Å². The summed E-state index contributed by atoms with van der Waals surface area (Å²) in [5.74, 6) is 0. The van der Waals surface area contributed by atoms with Gasteiger partial charge in [-0.2, -0.15) is 0 Å². The molecule has 0 atom stereocenters. The zero-order valence-electron chi connectivity index (χ0n) is 7.30. The van der Waals surface area contributed by atoms with Crippen molar-refractivity contribution < 1.29 is 9.90 Å². The molecule has 0 fully saturated rings. The fourth-order valence-electron chi connectivity index (χ4n) is 0.925. The lowest BCUT2D eigenvalue weighted by Crippen LogP contribution is -2.23. The largest absolute Gasteiger partial charge is 0.465 e.